The lowest BCUT2D eigenvalue weighted by Gasteiger charge is -2.22. The molecular formula is C19H24O2. The van der Waals surface area contributed by atoms with E-state index in [2.05, 4.69) is 20.8 Å². The van der Waals surface area contributed by atoms with Crippen LogP contribution >= 0.6 is 0 Å². The highest BCUT2D eigenvalue weighted by Gasteiger charge is 2.20. The first-order valence-corrected chi connectivity index (χ1v) is 7.52. The highest BCUT2D eigenvalue weighted by molar-refractivity contribution is 5.79. The van der Waals surface area contributed by atoms with E-state index in [1.165, 1.54) is 5.56 Å². The molecule has 0 aliphatic carbocycles. The zero-order valence-electron chi connectivity index (χ0n) is 13.5. The van der Waals surface area contributed by atoms with Crippen LogP contribution in [0.2, 0.25) is 0 Å². The number of benzene rings is 2. The number of aromatic hydroxyl groups is 2. The Kier molecular flexibility index (Phi) is 4.26. The summed E-state index contributed by atoms with van der Waals surface area (Å²) < 4.78 is 0. The lowest BCUT2D eigenvalue weighted by Crippen LogP contribution is -2.01. The Bertz CT molecular complexity index is 647. The third-order valence-electron chi connectivity index (χ3n) is 4.03. The number of phenols is 2. The molecule has 0 fully saturated rings. The fourth-order valence-electron chi connectivity index (χ4n) is 3.16. The molecule has 0 atom stereocenters. The van der Waals surface area contributed by atoms with Crippen molar-refractivity contribution in [1.82, 2.24) is 0 Å². The third-order valence-corrected chi connectivity index (χ3v) is 4.03. The van der Waals surface area contributed by atoms with Crippen LogP contribution in [0.15, 0.2) is 24.3 Å². The molecule has 2 heteroatoms. The Balaban J connectivity index is 2.88. The molecule has 2 nitrogen and oxygen atoms in total. The molecule has 0 unspecified atom stereocenters. The van der Waals surface area contributed by atoms with E-state index < -0.39 is 0 Å². The first-order chi connectivity index (χ1) is 9.86. The summed E-state index contributed by atoms with van der Waals surface area (Å²) in [5.41, 5.74) is 6.55. The summed E-state index contributed by atoms with van der Waals surface area (Å²) in [6.45, 7) is 10.3. The van der Waals surface area contributed by atoms with Crippen LogP contribution < -0.4 is 0 Å². The van der Waals surface area contributed by atoms with Gasteiger partial charge >= 0.3 is 0 Å². The van der Waals surface area contributed by atoms with Gasteiger partial charge < -0.3 is 10.2 Å². The van der Waals surface area contributed by atoms with Gasteiger partial charge in [-0.05, 0) is 72.2 Å². The molecule has 0 heterocycles. The van der Waals surface area contributed by atoms with Gasteiger partial charge in [0, 0.05) is 5.56 Å². The molecule has 0 aromatic heterocycles. The van der Waals surface area contributed by atoms with Crippen molar-refractivity contribution in [2.45, 2.75) is 47.0 Å². The Morgan fingerprint density at radius 1 is 0.952 bits per heavy atom. The second kappa shape index (κ2) is 5.80. The molecule has 0 radical (unpaired) electrons. The number of hydrogen-bond donors (Lipinski definition) is 2. The lowest BCUT2D eigenvalue weighted by atomic mass is 9.83. The van der Waals surface area contributed by atoms with Gasteiger partial charge in [-0.15, -0.1) is 0 Å². The van der Waals surface area contributed by atoms with Crippen molar-refractivity contribution < 1.29 is 10.2 Å². The molecular weight excluding hydrogens is 260 g/mol. The fraction of sp³-hybridized carbons (Fsp3) is 0.368. The minimum absolute atomic E-state index is 0.235. The standard InChI is InChI=1S/C19H24O2/c1-6-14-7-8-16(21)17(11(2)3)19(14)18-12(4)9-15(20)10-13(18)5/h7-11,20-21H,6H2,1-5H3. The van der Waals surface area contributed by atoms with Crippen LogP contribution in [0.5, 0.6) is 11.5 Å². The Morgan fingerprint density at radius 3 is 2.00 bits per heavy atom. The van der Waals surface area contributed by atoms with Gasteiger partial charge in [-0.3, -0.25) is 0 Å². The molecule has 0 amide bonds. The van der Waals surface area contributed by atoms with E-state index in [1.807, 2.05) is 19.9 Å². The van der Waals surface area contributed by atoms with Gasteiger partial charge in [-0.2, -0.15) is 0 Å². The van der Waals surface area contributed by atoms with Crippen LogP contribution in [-0.4, -0.2) is 10.2 Å². The van der Waals surface area contributed by atoms with E-state index >= 15 is 0 Å². The van der Waals surface area contributed by atoms with Crippen molar-refractivity contribution in [3.05, 3.63) is 46.5 Å². The monoisotopic (exact) mass is 284 g/mol. The van der Waals surface area contributed by atoms with E-state index in [0.29, 0.717) is 5.75 Å². The molecule has 0 aliphatic heterocycles. The molecule has 2 N–H and O–H groups in total. The largest absolute Gasteiger partial charge is 0.508 e. The predicted molar refractivity (Wildman–Crippen MR) is 88.1 cm³/mol. The van der Waals surface area contributed by atoms with Gasteiger partial charge in [0.05, 0.1) is 0 Å². The van der Waals surface area contributed by atoms with E-state index in [1.54, 1.807) is 18.2 Å². The van der Waals surface area contributed by atoms with Crippen molar-refractivity contribution in [3.63, 3.8) is 0 Å². The third kappa shape index (κ3) is 2.76. The van der Waals surface area contributed by atoms with Gasteiger partial charge in [-0.25, -0.2) is 0 Å². The molecule has 0 saturated heterocycles. The Labute approximate surface area is 127 Å². The topological polar surface area (TPSA) is 40.5 Å². The molecule has 2 aromatic carbocycles. The second-order valence-corrected chi connectivity index (χ2v) is 6.00. The summed E-state index contributed by atoms with van der Waals surface area (Å²) in [7, 11) is 0. The summed E-state index contributed by atoms with van der Waals surface area (Å²) in [6, 6.07) is 7.37. The highest BCUT2D eigenvalue weighted by atomic mass is 16.3. The van der Waals surface area contributed by atoms with E-state index in [-0.39, 0.29) is 11.7 Å². The molecule has 0 bridgehead atoms. The van der Waals surface area contributed by atoms with Crippen LogP contribution in [0.3, 0.4) is 0 Å². The van der Waals surface area contributed by atoms with Crippen LogP contribution in [0.1, 0.15) is 48.9 Å². The second-order valence-electron chi connectivity index (χ2n) is 6.00. The van der Waals surface area contributed by atoms with Gasteiger partial charge in [0.2, 0.25) is 0 Å². The number of phenolic OH excluding ortho intramolecular Hbond substituents is 2. The molecule has 0 saturated carbocycles. The van der Waals surface area contributed by atoms with E-state index in [0.717, 1.165) is 34.2 Å². The normalized spacial score (nSPS) is 11.1. The summed E-state index contributed by atoms with van der Waals surface area (Å²) in [6.07, 6.45) is 0.912. The van der Waals surface area contributed by atoms with Crippen molar-refractivity contribution in [1.29, 1.82) is 0 Å². The molecule has 0 spiro atoms. The number of aryl methyl sites for hydroxylation is 3. The van der Waals surface area contributed by atoms with Gasteiger partial charge in [0.1, 0.15) is 11.5 Å². The van der Waals surface area contributed by atoms with Crippen LogP contribution in [0.4, 0.5) is 0 Å². The summed E-state index contributed by atoms with van der Waals surface area (Å²) in [4.78, 5) is 0. The minimum Gasteiger partial charge on any atom is -0.508 e. The zero-order chi connectivity index (χ0) is 15.7. The maximum absolute atomic E-state index is 10.3. The fourth-order valence-corrected chi connectivity index (χ4v) is 3.16. The van der Waals surface area contributed by atoms with E-state index in [4.69, 9.17) is 0 Å². The first kappa shape index (κ1) is 15.4. The maximum atomic E-state index is 10.3. The minimum atomic E-state index is 0.235. The number of hydrogen-bond acceptors (Lipinski definition) is 2. The Hall–Kier alpha value is -1.96. The van der Waals surface area contributed by atoms with Gasteiger partial charge in [0.25, 0.3) is 0 Å². The van der Waals surface area contributed by atoms with Crippen LogP contribution in [0.25, 0.3) is 11.1 Å². The van der Waals surface area contributed by atoms with Gasteiger partial charge in [-0.1, -0.05) is 26.8 Å². The molecule has 0 aliphatic rings. The highest BCUT2D eigenvalue weighted by Crippen LogP contribution is 2.42. The van der Waals surface area contributed by atoms with Crippen molar-refractivity contribution in [2.75, 3.05) is 0 Å². The number of rotatable bonds is 3. The van der Waals surface area contributed by atoms with Crippen LogP contribution in [0, 0.1) is 13.8 Å². The summed E-state index contributed by atoms with van der Waals surface area (Å²) in [5.74, 6) is 0.876. The van der Waals surface area contributed by atoms with Crippen molar-refractivity contribution in [3.8, 4) is 22.6 Å². The first-order valence-electron chi connectivity index (χ1n) is 7.52. The Morgan fingerprint density at radius 2 is 1.52 bits per heavy atom. The predicted octanol–water partition coefficient (Wildman–Crippen LogP) is 5.07. The molecule has 21 heavy (non-hydrogen) atoms. The molecule has 2 rings (SSSR count). The average molecular weight is 284 g/mol. The average Bonchev–Trinajstić information content (AvgIpc) is 2.37. The smallest absolute Gasteiger partial charge is 0.119 e. The quantitative estimate of drug-likeness (QED) is 0.826. The SMILES string of the molecule is CCc1ccc(O)c(C(C)C)c1-c1c(C)cc(O)cc1C. The van der Waals surface area contributed by atoms with Gasteiger partial charge in [0.15, 0.2) is 0 Å². The summed E-state index contributed by atoms with van der Waals surface area (Å²) >= 11 is 0. The lowest BCUT2D eigenvalue weighted by molar-refractivity contribution is 0.465. The summed E-state index contributed by atoms with van der Waals surface area (Å²) in [5, 5.41) is 20.1. The molecule has 112 valence electrons. The zero-order valence-corrected chi connectivity index (χ0v) is 13.5. The van der Waals surface area contributed by atoms with Crippen LogP contribution in [-0.2, 0) is 6.42 Å². The molecule has 2 aromatic rings. The maximum Gasteiger partial charge on any atom is 0.119 e. The van der Waals surface area contributed by atoms with E-state index in [9.17, 15) is 10.2 Å². The van der Waals surface area contributed by atoms with Crippen molar-refractivity contribution in [2.24, 2.45) is 0 Å². The van der Waals surface area contributed by atoms with Crippen molar-refractivity contribution >= 4 is 0 Å².